The molecule has 36 heavy (non-hydrogen) atoms. The Balaban J connectivity index is 2.11. The molecule has 0 unspecified atom stereocenters. The molecule has 3 aromatic rings. The summed E-state index contributed by atoms with van der Waals surface area (Å²) in [6.45, 7) is 23.8. The van der Waals surface area contributed by atoms with Crippen LogP contribution >= 0.6 is 0 Å². The number of benzene rings is 3. The molecule has 0 aliphatic rings. The van der Waals surface area contributed by atoms with Crippen LogP contribution in [0.5, 0.6) is 11.5 Å². The number of phenolic OH excluding ortho intramolecular Hbond substituents is 2. The second kappa shape index (κ2) is 9.61. The highest BCUT2D eigenvalue weighted by atomic mass is 16.3. The van der Waals surface area contributed by atoms with E-state index in [0.29, 0.717) is 24.3 Å². The molecule has 2 nitrogen and oxygen atoms in total. The second-order valence-electron chi connectivity index (χ2n) is 13.8. The fraction of sp³-hybridized carbons (Fsp3) is 0.471. The van der Waals surface area contributed by atoms with Gasteiger partial charge in [-0.05, 0) is 69.0 Å². The average Bonchev–Trinajstić information content (AvgIpc) is 2.70. The third-order valence-corrected chi connectivity index (χ3v) is 6.99. The predicted molar refractivity (Wildman–Crippen MR) is 154 cm³/mol. The summed E-state index contributed by atoms with van der Waals surface area (Å²) < 4.78 is 0. The molecule has 0 aromatic heterocycles. The van der Waals surface area contributed by atoms with Crippen molar-refractivity contribution >= 4 is 0 Å². The van der Waals surface area contributed by atoms with Crippen LogP contribution in [0.25, 0.3) is 0 Å². The topological polar surface area (TPSA) is 40.5 Å². The first-order chi connectivity index (χ1) is 16.4. The molecule has 0 spiro atoms. The maximum Gasteiger partial charge on any atom is 0.122 e. The van der Waals surface area contributed by atoms with Gasteiger partial charge < -0.3 is 10.2 Å². The van der Waals surface area contributed by atoms with E-state index < -0.39 is 0 Å². The summed E-state index contributed by atoms with van der Waals surface area (Å²) in [5, 5.41) is 22.4. The van der Waals surface area contributed by atoms with Crippen molar-refractivity contribution in [2.75, 3.05) is 0 Å². The zero-order valence-electron chi connectivity index (χ0n) is 24.4. The minimum atomic E-state index is -0.128. The third kappa shape index (κ3) is 6.33. The standard InChI is InChI=1S/C34H46O2/c1-21-12-25(30(35)28(14-21)33(6,7)8)17-23-16-24(20-27(19-23)32(3,4)5)18-26-13-22(2)15-29(31(26)36)34(9,10)11/h12-16,19-20,35-36H,17-18H2,1-11H3. The third-order valence-electron chi connectivity index (χ3n) is 6.99. The monoisotopic (exact) mass is 486 g/mol. The van der Waals surface area contributed by atoms with Crippen LogP contribution in [0.2, 0.25) is 0 Å². The highest BCUT2D eigenvalue weighted by molar-refractivity contribution is 5.51. The van der Waals surface area contributed by atoms with Crippen LogP contribution in [0.1, 0.15) is 112 Å². The minimum absolute atomic E-state index is 0.0127. The number of phenols is 2. The molecule has 0 bridgehead atoms. The number of aryl methyl sites for hydroxylation is 2. The lowest BCUT2D eigenvalue weighted by molar-refractivity contribution is 0.440. The Hall–Kier alpha value is -2.74. The first-order valence-electron chi connectivity index (χ1n) is 13.2. The van der Waals surface area contributed by atoms with Crippen molar-refractivity contribution in [3.63, 3.8) is 0 Å². The Morgan fingerprint density at radius 2 is 0.861 bits per heavy atom. The summed E-state index contributed by atoms with van der Waals surface area (Å²) in [6, 6.07) is 15.2. The van der Waals surface area contributed by atoms with E-state index in [1.807, 2.05) is 0 Å². The first-order valence-corrected chi connectivity index (χ1v) is 13.2. The molecule has 2 heteroatoms. The Morgan fingerprint density at radius 3 is 1.17 bits per heavy atom. The summed E-state index contributed by atoms with van der Waals surface area (Å²) in [7, 11) is 0. The van der Waals surface area contributed by atoms with Gasteiger partial charge >= 0.3 is 0 Å². The van der Waals surface area contributed by atoms with Gasteiger partial charge in [0.15, 0.2) is 0 Å². The van der Waals surface area contributed by atoms with Gasteiger partial charge in [-0.25, -0.2) is 0 Å². The lowest BCUT2D eigenvalue weighted by atomic mass is 9.81. The molecular formula is C34H46O2. The van der Waals surface area contributed by atoms with Crippen LogP contribution in [-0.2, 0) is 29.1 Å². The van der Waals surface area contributed by atoms with Crippen molar-refractivity contribution in [2.24, 2.45) is 0 Å². The lowest BCUT2D eigenvalue weighted by Crippen LogP contribution is -2.14. The summed E-state index contributed by atoms with van der Waals surface area (Å²) in [5.41, 5.74) is 9.60. The van der Waals surface area contributed by atoms with E-state index in [9.17, 15) is 10.2 Å². The molecule has 0 radical (unpaired) electrons. The Morgan fingerprint density at radius 1 is 0.500 bits per heavy atom. The smallest absolute Gasteiger partial charge is 0.122 e. The van der Waals surface area contributed by atoms with Gasteiger partial charge in [0, 0.05) is 12.8 Å². The van der Waals surface area contributed by atoms with Crippen LogP contribution in [0, 0.1) is 13.8 Å². The molecule has 0 aliphatic carbocycles. The van der Waals surface area contributed by atoms with E-state index in [0.717, 1.165) is 22.3 Å². The lowest BCUT2D eigenvalue weighted by Gasteiger charge is -2.25. The molecule has 3 rings (SSSR count). The van der Waals surface area contributed by atoms with E-state index in [2.05, 4.69) is 119 Å². The number of hydrogen-bond acceptors (Lipinski definition) is 2. The molecule has 194 valence electrons. The fourth-order valence-electron chi connectivity index (χ4n) is 4.96. The van der Waals surface area contributed by atoms with Crippen LogP contribution in [0.3, 0.4) is 0 Å². The van der Waals surface area contributed by atoms with Gasteiger partial charge in [0.1, 0.15) is 11.5 Å². The largest absolute Gasteiger partial charge is 0.507 e. The minimum Gasteiger partial charge on any atom is -0.507 e. The summed E-state index contributed by atoms with van der Waals surface area (Å²) in [4.78, 5) is 0. The zero-order valence-corrected chi connectivity index (χ0v) is 24.4. The molecule has 0 fully saturated rings. The second-order valence-corrected chi connectivity index (χ2v) is 13.8. The van der Waals surface area contributed by atoms with E-state index >= 15 is 0 Å². The van der Waals surface area contributed by atoms with Gasteiger partial charge in [-0.15, -0.1) is 0 Å². The number of hydrogen-bond donors (Lipinski definition) is 2. The quantitative estimate of drug-likeness (QED) is 0.387. The van der Waals surface area contributed by atoms with Gasteiger partial charge in [-0.1, -0.05) is 116 Å². The van der Waals surface area contributed by atoms with Gasteiger partial charge in [-0.2, -0.15) is 0 Å². The summed E-state index contributed by atoms with van der Waals surface area (Å²) in [6.07, 6.45) is 1.33. The van der Waals surface area contributed by atoms with Crippen LogP contribution in [-0.4, -0.2) is 10.2 Å². The van der Waals surface area contributed by atoms with Crippen LogP contribution < -0.4 is 0 Å². The molecule has 0 saturated carbocycles. The Kier molecular flexibility index (Phi) is 7.44. The maximum atomic E-state index is 11.2. The predicted octanol–water partition coefficient (Wildman–Crippen LogP) is 8.79. The normalized spacial score (nSPS) is 12.8. The highest BCUT2D eigenvalue weighted by Crippen LogP contribution is 2.38. The molecule has 0 saturated heterocycles. The molecule has 0 aliphatic heterocycles. The molecule has 2 N–H and O–H groups in total. The SMILES string of the molecule is Cc1cc(Cc2cc(Cc3cc(C)cc(C(C)(C)C)c3O)cc(C(C)(C)C)c2)c(O)c(C(C)(C)C)c1. The first kappa shape index (κ1) is 27.8. The van der Waals surface area contributed by atoms with E-state index in [-0.39, 0.29) is 16.2 Å². The van der Waals surface area contributed by atoms with Crippen molar-refractivity contribution in [1.82, 2.24) is 0 Å². The van der Waals surface area contributed by atoms with Gasteiger partial charge in [0.2, 0.25) is 0 Å². The van der Waals surface area contributed by atoms with Crippen molar-refractivity contribution in [3.8, 4) is 11.5 Å². The number of aromatic hydroxyl groups is 2. The average molecular weight is 487 g/mol. The van der Waals surface area contributed by atoms with Crippen molar-refractivity contribution in [1.29, 1.82) is 0 Å². The van der Waals surface area contributed by atoms with Crippen molar-refractivity contribution in [3.05, 3.63) is 92.5 Å². The summed E-state index contributed by atoms with van der Waals surface area (Å²) >= 11 is 0. The molecular weight excluding hydrogens is 440 g/mol. The van der Waals surface area contributed by atoms with Crippen molar-refractivity contribution < 1.29 is 10.2 Å². The van der Waals surface area contributed by atoms with Gasteiger partial charge in [0.25, 0.3) is 0 Å². The zero-order chi connectivity index (χ0) is 27.2. The molecule has 0 atom stereocenters. The molecule has 0 amide bonds. The van der Waals surface area contributed by atoms with Gasteiger partial charge in [-0.3, -0.25) is 0 Å². The van der Waals surface area contributed by atoms with E-state index in [4.69, 9.17) is 0 Å². The Bertz CT molecular complexity index is 1170. The highest BCUT2D eigenvalue weighted by Gasteiger charge is 2.23. The van der Waals surface area contributed by atoms with Crippen LogP contribution in [0.15, 0.2) is 42.5 Å². The molecule has 3 aromatic carbocycles. The van der Waals surface area contributed by atoms with E-state index in [1.54, 1.807) is 0 Å². The maximum absolute atomic E-state index is 11.2. The fourth-order valence-corrected chi connectivity index (χ4v) is 4.96. The number of rotatable bonds is 4. The van der Waals surface area contributed by atoms with Gasteiger partial charge in [0.05, 0.1) is 0 Å². The van der Waals surface area contributed by atoms with E-state index in [1.165, 1.54) is 27.8 Å². The van der Waals surface area contributed by atoms with Crippen LogP contribution in [0.4, 0.5) is 0 Å². The van der Waals surface area contributed by atoms with Crippen molar-refractivity contribution in [2.45, 2.75) is 105 Å². The molecule has 0 heterocycles. The Labute approximate surface area is 219 Å². The summed E-state index contributed by atoms with van der Waals surface area (Å²) in [5.74, 6) is 0.809.